The fourth-order valence-electron chi connectivity index (χ4n) is 1.38. The average molecular weight is 269 g/mol. The highest BCUT2D eigenvalue weighted by molar-refractivity contribution is 5.77. The molecule has 0 aliphatic heterocycles. The second-order valence-corrected chi connectivity index (χ2v) is 4.34. The van der Waals surface area contributed by atoms with Gasteiger partial charge in [0, 0.05) is 13.2 Å². The van der Waals surface area contributed by atoms with Crippen molar-refractivity contribution in [2.24, 2.45) is 0 Å². The molecular weight excluding hydrogens is 249 g/mol. The minimum absolute atomic E-state index is 0.0841. The van der Waals surface area contributed by atoms with Crippen molar-refractivity contribution in [2.75, 3.05) is 19.8 Å². The number of rotatable bonds is 8. The average Bonchev–Trinajstić information content (AvgIpc) is 2.37. The Morgan fingerprint density at radius 2 is 2.11 bits per heavy atom. The van der Waals surface area contributed by atoms with E-state index in [1.165, 1.54) is 12.1 Å². The molecule has 0 fully saturated rings. The first-order valence-corrected chi connectivity index (χ1v) is 6.35. The Labute approximate surface area is 112 Å². The minimum Gasteiger partial charge on any atom is -0.481 e. The fraction of sp³-hybridized carbons (Fsp3) is 0.500. The van der Waals surface area contributed by atoms with Crippen molar-refractivity contribution in [3.63, 3.8) is 0 Å². The predicted molar refractivity (Wildman–Crippen MR) is 70.6 cm³/mol. The summed E-state index contributed by atoms with van der Waals surface area (Å²) in [6.07, 6.45) is 0.934. The third-order valence-corrected chi connectivity index (χ3v) is 2.29. The van der Waals surface area contributed by atoms with Gasteiger partial charge in [0.15, 0.2) is 18.2 Å². The van der Waals surface area contributed by atoms with Crippen molar-refractivity contribution < 1.29 is 18.7 Å². The van der Waals surface area contributed by atoms with Crippen LogP contribution in [0, 0.1) is 5.82 Å². The molecule has 4 nitrogen and oxygen atoms in total. The molecule has 1 rings (SSSR count). The summed E-state index contributed by atoms with van der Waals surface area (Å²) in [5, 5.41) is 2.68. The molecule has 0 spiro atoms. The summed E-state index contributed by atoms with van der Waals surface area (Å²) in [7, 11) is 0. The summed E-state index contributed by atoms with van der Waals surface area (Å²) in [5.74, 6) is -0.658. The molecule has 1 aromatic carbocycles. The van der Waals surface area contributed by atoms with Gasteiger partial charge < -0.3 is 14.8 Å². The molecule has 1 amide bonds. The van der Waals surface area contributed by atoms with Crippen LogP contribution in [0.2, 0.25) is 0 Å². The Balaban J connectivity index is 2.13. The highest BCUT2D eigenvalue weighted by Gasteiger charge is 2.05. The maximum atomic E-state index is 13.2. The minimum atomic E-state index is -0.472. The third-order valence-electron chi connectivity index (χ3n) is 2.29. The summed E-state index contributed by atoms with van der Waals surface area (Å²) < 4.78 is 23.6. The van der Waals surface area contributed by atoms with Gasteiger partial charge in [-0.3, -0.25) is 4.79 Å². The molecule has 0 aliphatic carbocycles. The lowest BCUT2D eigenvalue weighted by Gasteiger charge is -2.09. The van der Waals surface area contributed by atoms with E-state index in [-0.39, 0.29) is 24.4 Å². The van der Waals surface area contributed by atoms with E-state index in [1.807, 2.05) is 13.8 Å². The molecule has 0 heterocycles. The zero-order valence-electron chi connectivity index (χ0n) is 11.3. The SMILES string of the molecule is CC(C)OCCCNC(=O)COc1ccccc1F. The standard InChI is InChI=1S/C14H20FNO3/c1-11(2)18-9-5-8-16-14(17)10-19-13-7-4-3-6-12(13)15/h3-4,6-7,11H,5,8-10H2,1-2H3,(H,16,17). The van der Waals surface area contributed by atoms with Crippen LogP contribution < -0.4 is 10.1 Å². The molecule has 5 heteroatoms. The largest absolute Gasteiger partial charge is 0.481 e. The van der Waals surface area contributed by atoms with Crippen molar-refractivity contribution in [2.45, 2.75) is 26.4 Å². The molecule has 0 saturated heterocycles. The van der Waals surface area contributed by atoms with E-state index in [1.54, 1.807) is 12.1 Å². The van der Waals surface area contributed by atoms with E-state index in [2.05, 4.69) is 5.32 Å². The smallest absolute Gasteiger partial charge is 0.257 e. The zero-order valence-corrected chi connectivity index (χ0v) is 11.3. The van der Waals surface area contributed by atoms with Crippen molar-refractivity contribution in [3.05, 3.63) is 30.1 Å². The molecule has 1 aromatic rings. The molecule has 0 saturated carbocycles. The van der Waals surface area contributed by atoms with Crippen molar-refractivity contribution in [1.29, 1.82) is 0 Å². The maximum Gasteiger partial charge on any atom is 0.257 e. The molecule has 0 atom stereocenters. The number of para-hydroxylation sites is 1. The lowest BCUT2D eigenvalue weighted by molar-refractivity contribution is -0.123. The van der Waals surface area contributed by atoms with Gasteiger partial charge in [-0.2, -0.15) is 0 Å². The van der Waals surface area contributed by atoms with Crippen LogP contribution in [0.15, 0.2) is 24.3 Å². The van der Waals surface area contributed by atoms with E-state index in [0.29, 0.717) is 13.2 Å². The van der Waals surface area contributed by atoms with Crippen molar-refractivity contribution >= 4 is 5.91 Å². The van der Waals surface area contributed by atoms with Crippen LogP contribution in [0.4, 0.5) is 4.39 Å². The Kier molecular flexibility index (Phi) is 6.89. The first kappa shape index (κ1) is 15.4. The lowest BCUT2D eigenvalue weighted by Crippen LogP contribution is -2.30. The van der Waals surface area contributed by atoms with Gasteiger partial charge in [0.05, 0.1) is 6.10 Å². The zero-order chi connectivity index (χ0) is 14.1. The number of nitrogens with one attached hydrogen (secondary N) is 1. The number of carbonyl (C=O) groups is 1. The number of hydrogen-bond acceptors (Lipinski definition) is 3. The molecule has 1 N–H and O–H groups in total. The van der Waals surface area contributed by atoms with E-state index >= 15 is 0 Å². The molecule has 0 aliphatic rings. The van der Waals surface area contributed by atoms with Gasteiger partial charge in [0.1, 0.15) is 0 Å². The van der Waals surface area contributed by atoms with E-state index in [4.69, 9.17) is 9.47 Å². The maximum absolute atomic E-state index is 13.2. The fourth-order valence-corrected chi connectivity index (χ4v) is 1.38. The number of carbonyl (C=O) groups excluding carboxylic acids is 1. The van der Waals surface area contributed by atoms with Crippen LogP contribution in [-0.2, 0) is 9.53 Å². The summed E-state index contributed by atoms with van der Waals surface area (Å²) in [6, 6.07) is 5.99. The van der Waals surface area contributed by atoms with Crippen molar-refractivity contribution in [1.82, 2.24) is 5.32 Å². The number of ether oxygens (including phenoxy) is 2. The molecule has 19 heavy (non-hydrogen) atoms. The third kappa shape index (κ3) is 6.76. The highest BCUT2D eigenvalue weighted by atomic mass is 19.1. The van der Waals surface area contributed by atoms with Crippen LogP contribution in [0.3, 0.4) is 0 Å². The van der Waals surface area contributed by atoms with Crippen LogP contribution >= 0.6 is 0 Å². The van der Waals surface area contributed by atoms with Gasteiger partial charge in [-0.25, -0.2) is 4.39 Å². The number of amides is 1. The van der Waals surface area contributed by atoms with E-state index in [0.717, 1.165) is 6.42 Å². The monoisotopic (exact) mass is 269 g/mol. The van der Waals surface area contributed by atoms with Gasteiger partial charge in [0.25, 0.3) is 5.91 Å². The normalized spacial score (nSPS) is 10.5. The van der Waals surface area contributed by atoms with Crippen LogP contribution in [0.1, 0.15) is 20.3 Å². The molecule has 0 radical (unpaired) electrons. The molecule has 0 aromatic heterocycles. The summed E-state index contributed by atoms with van der Waals surface area (Å²) >= 11 is 0. The van der Waals surface area contributed by atoms with E-state index < -0.39 is 5.82 Å². The van der Waals surface area contributed by atoms with E-state index in [9.17, 15) is 9.18 Å². The van der Waals surface area contributed by atoms with Gasteiger partial charge >= 0.3 is 0 Å². The highest BCUT2D eigenvalue weighted by Crippen LogP contribution is 2.14. The molecule has 0 unspecified atom stereocenters. The Morgan fingerprint density at radius 3 is 2.79 bits per heavy atom. The van der Waals surface area contributed by atoms with Gasteiger partial charge in [-0.05, 0) is 32.4 Å². The first-order chi connectivity index (χ1) is 9.09. The number of hydrogen-bond donors (Lipinski definition) is 1. The summed E-state index contributed by atoms with van der Waals surface area (Å²) in [5.41, 5.74) is 0. The predicted octanol–water partition coefficient (Wildman–Crippen LogP) is 2.14. The molecule has 0 bridgehead atoms. The second kappa shape index (κ2) is 8.48. The topological polar surface area (TPSA) is 47.6 Å². The number of halogens is 1. The Hall–Kier alpha value is -1.62. The van der Waals surface area contributed by atoms with Gasteiger partial charge in [0.2, 0.25) is 0 Å². The molecule has 106 valence electrons. The van der Waals surface area contributed by atoms with Gasteiger partial charge in [-0.1, -0.05) is 12.1 Å². The number of benzene rings is 1. The van der Waals surface area contributed by atoms with Crippen LogP contribution in [0.5, 0.6) is 5.75 Å². The Morgan fingerprint density at radius 1 is 1.37 bits per heavy atom. The molecular formula is C14H20FNO3. The van der Waals surface area contributed by atoms with Crippen LogP contribution in [-0.4, -0.2) is 31.8 Å². The quantitative estimate of drug-likeness (QED) is 0.735. The summed E-state index contributed by atoms with van der Waals surface area (Å²) in [6.45, 7) is 4.85. The van der Waals surface area contributed by atoms with Crippen molar-refractivity contribution in [3.8, 4) is 5.75 Å². The summed E-state index contributed by atoms with van der Waals surface area (Å²) in [4.78, 5) is 11.4. The van der Waals surface area contributed by atoms with Gasteiger partial charge in [-0.15, -0.1) is 0 Å². The Bertz CT molecular complexity index is 396. The second-order valence-electron chi connectivity index (χ2n) is 4.34. The first-order valence-electron chi connectivity index (χ1n) is 6.35. The van der Waals surface area contributed by atoms with Crippen LogP contribution in [0.25, 0.3) is 0 Å². The lowest BCUT2D eigenvalue weighted by atomic mass is 10.3.